The third-order valence-corrected chi connectivity index (χ3v) is 4.70. The van der Waals surface area contributed by atoms with Crippen molar-refractivity contribution in [1.82, 2.24) is 9.55 Å². The van der Waals surface area contributed by atoms with E-state index < -0.39 is 0 Å². The van der Waals surface area contributed by atoms with Gasteiger partial charge in [-0.15, -0.1) is 0 Å². The maximum Gasteiger partial charge on any atom is 0.201 e. The Balaban J connectivity index is 1.71. The van der Waals surface area contributed by atoms with Crippen molar-refractivity contribution in [3.05, 3.63) is 22.7 Å². The Morgan fingerprint density at radius 1 is 1.32 bits per heavy atom. The number of fused-ring (bicyclic) bond motifs is 1. The lowest BCUT2D eigenvalue weighted by atomic mass is 10.0. The minimum absolute atomic E-state index is 0.638. The summed E-state index contributed by atoms with van der Waals surface area (Å²) >= 11 is 3.47. The van der Waals surface area contributed by atoms with Crippen molar-refractivity contribution in [2.75, 3.05) is 5.73 Å². The van der Waals surface area contributed by atoms with Crippen LogP contribution in [0.5, 0.6) is 0 Å². The number of benzene rings is 1. The highest BCUT2D eigenvalue weighted by atomic mass is 79.9. The fraction of sp³-hybridized carbons (Fsp3) is 0.533. The van der Waals surface area contributed by atoms with Gasteiger partial charge in [0.15, 0.2) is 0 Å². The Hall–Kier alpha value is -1.03. The molecule has 1 saturated carbocycles. The summed E-state index contributed by atoms with van der Waals surface area (Å²) in [6.45, 7) is 0.987. The van der Waals surface area contributed by atoms with Gasteiger partial charge < -0.3 is 10.3 Å². The molecule has 1 aliphatic rings. The van der Waals surface area contributed by atoms with E-state index in [0.29, 0.717) is 5.95 Å². The maximum absolute atomic E-state index is 6.03. The summed E-state index contributed by atoms with van der Waals surface area (Å²) in [5.41, 5.74) is 8.16. The van der Waals surface area contributed by atoms with Crippen molar-refractivity contribution in [2.24, 2.45) is 5.92 Å². The van der Waals surface area contributed by atoms with Crippen molar-refractivity contribution >= 4 is 32.9 Å². The molecule has 4 heteroatoms. The summed E-state index contributed by atoms with van der Waals surface area (Å²) in [7, 11) is 0. The summed E-state index contributed by atoms with van der Waals surface area (Å²) in [6.07, 6.45) is 8.23. The molecule has 3 rings (SSSR count). The molecule has 0 unspecified atom stereocenters. The highest BCUT2D eigenvalue weighted by molar-refractivity contribution is 9.10. The molecule has 19 heavy (non-hydrogen) atoms. The van der Waals surface area contributed by atoms with Crippen LogP contribution >= 0.6 is 15.9 Å². The van der Waals surface area contributed by atoms with Gasteiger partial charge in [-0.05, 0) is 37.0 Å². The van der Waals surface area contributed by atoms with Crippen molar-refractivity contribution < 1.29 is 0 Å². The first-order valence-electron chi connectivity index (χ1n) is 7.15. The molecule has 2 N–H and O–H groups in total. The summed E-state index contributed by atoms with van der Waals surface area (Å²) in [5, 5.41) is 0. The molecule has 0 bridgehead atoms. The zero-order valence-corrected chi connectivity index (χ0v) is 12.7. The van der Waals surface area contributed by atoms with E-state index in [4.69, 9.17) is 5.73 Å². The molecular formula is C15H20BrN3. The summed E-state index contributed by atoms with van der Waals surface area (Å²) in [6, 6.07) is 6.18. The molecule has 0 spiro atoms. The number of nitrogens with zero attached hydrogens (tertiary/aromatic N) is 2. The van der Waals surface area contributed by atoms with Gasteiger partial charge in [0, 0.05) is 11.0 Å². The predicted molar refractivity (Wildman–Crippen MR) is 83.0 cm³/mol. The van der Waals surface area contributed by atoms with E-state index in [0.717, 1.165) is 28.0 Å². The average Bonchev–Trinajstić information content (AvgIpc) is 2.98. The molecule has 1 aliphatic carbocycles. The van der Waals surface area contributed by atoms with Crippen LogP contribution in [-0.4, -0.2) is 9.55 Å². The first-order valence-corrected chi connectivity index (χ1v) is 7.94. The van der Waals surface area contributed by atoms with Gasteiger partial charge in [0.2, 0.25) is 5.95 Å². The first kappa shape index (κ1) is 13.0. The number of imidazole rings is 1. The van der Waals surface area contributed by atoms with Crippen LogP contribution in [0.1, 0.15) is 38.5 Å². The molecule has 1 fully saturated rings. The number of nitrogen functional groups attached to an aromatic ring is 1. The Bertz CT molecular complexity index is 570. The quantitative estimate of drug-likeness (QED) is 0.909. The topological polar surface area (TPSA) is 43.8 Å². The lowest BCUT2D eigenvalue weighted by Gasteiger charge is -2.10. The largest absolute Gasteiger partial charge is 0.369 e. The van der Waals surface area contributed by atoms with Crippen LogP contribution in [-0.2, 0) is 6.54 Å². The van der Waals surface area contributed by atoms with E-state index >= 15 is 0 Å². The minimum Gasteiger partial charge on any atom is -0.369 e. The number of hydrogen-bond donors (Lipinski definition) is 1. The summed E-state index contributed by atoms with van der Waals surface area (Å²) in [5.74, 6) is 1.59. The Kier molecular flexibility index (Phi) is 3.78. The minimum atomic E-state index is 0.638. The van der Waals surface area contributed by atoms with Crippen LogP contribution in [0.15, 0.2) is 22.7 Å². The fourth-order valence-electron chi connectivity index (χ4n) is 3.19. The zero-order valence-electron chi connectivity index (χ0n) is 11.1. The van der Waals surface area contributed by atoms with Crippen LogP contribution in [0.2, 0.25) is 0 Å². The number of aromatic nitrogens is 2. The van der Waals surface area contributed by atoms with Gasteiger partial charge in [-0.2, -0.15) is 0 Å². The second-order valence-electron chi connectivity index (χ2n) is 5.55. The highest BCUT2D eigenvalue weighted by Gasteiger charge is 2.15. The van der Waals surface area contributed by atoms with E-state index in [9.17, 15) is 0 Å². The highest BCUT2D eigenvalue weighted by Crippen LogP contribution is 2.29. The lowest BCUT2D eigenvalue weighted by molar-refractivity contribution is 0.462. The van der Waals surface area contributed by atoms with E-state index in [1.54, 1.807) is 0 Å². The number of hydrogen-bond acceptors (Lipinski definition) is 2. The fourth-order valence-corrected chi connectivity index (χ4v) is 3.54. The Morgan fingerprint density at radius 2 is 2.11 bits per heavy atom. The normalized spacial score (nSPS) is 16.5. The third-order valence-electron chi connectivity index (χ3n) is 4.21. The van der Waals surface area contributed by atoms with Gasteiger partial charge in [-0.3, -0.25) is 0 Å². The number of nitrogens with two attached hydrogens (primary N) is 1. The van der Waals surface area contributed by atoms with Crippen molar-refractivity contribution in [2.45, 2.75) is 45.1 Å². The third kappa shape index (κ3) is 2.78. The van der Waals surface area contributed by atoms with Crippen LogP contribution in [0.25, 0.3) is 11.0 Å². The summed E-state index contributed by atoms with van der Waals surface area (Å²) < 4.78 is 3.20. The summed E-state index contributed by atoms with van der Waals surface area (Å²) in [4.78, 5) is 4.44. The van der Waals surface area contributed by atoms with Gasteiger partial charge in [0.05, 0.1) is 11.0 Å². The molecule has 3 nitrogen and oxygen atoms in total. The monoisotopic (exact) mass is 321 g/mol. The number of halogens is 1. The van der Waals surface area contributed by atoms with Crippen molar-refractivity contribution in [3.63, 3.8) is 0 Å². The van der Waals surface area contributed by atoms with Crippen LogP contribution < -0.4 is 5.73 Å². The zero-order chi connectivity index (χ0) is 13.2. The van der Waals surface area contributed by atoms with Gasteiger partial charge in [0.1, 0.15) is 0 Å². The van der Waals surface area contributed by atoms with Crippen LogP contribution in [0, 0.1) is 5.92 Å². The van der Waals surface area contributed by atoms with E-state index in [1.807, 2.05) is 6.07 Å². The molecule has 0 saturated heterocycles. The molecule has 2 aromatic rings. The molecule has 0 aliphatic heterocycles. The SMILES string of the molecule is Nc1nc2cc(Br)ccc2n1CCCC1CCCC1. The maximum atomic E-state index is 6.03. The second kappa shape index (κ2) is 5.53. The van der Waals surface area contributed by atoms with Gasteiger partial charge in [-0.1, -0.05) is 41.6 Å². The molecule has 0 radical (unpaired) electrons. The average molecular weight is 322 g/mol. The van der Waals surface area contributed by atoms with Crippen LogP contribution in [0.3, 0.4) is 0 Å². The molecule has 102 valence electrons. The van der Waals surface area contributed by atoms with Crippen LogP contribution in [0.4, 0.5) is 5.95 Å². The molecule has 0 atom stereocenters. The van der Waals surface area contributed by atoms with Crippen molar-refractivity contribution in [3.8, 4) is 0 Å². The predicted octanol–water partition coefficient (Wildman–Crippen LogP) is 4.35. The number of aryl methyl sites for hydroxylation is 1. The standard InChI is InChI=1S/C15H20BrN3/c16-12-7-8-14-13(10-12)18-15(17)19(14)9-3-6-11-4-1-2-5-11/h7-8,10-11H,1-6,9H2,(H2,17,18). The first-order chi connectivity index (χ1) is 9.24. The Morgan fingerprint density at radius 3 is 2.89 bits per heavy atom. The second-order valence-corrected chi connectivity index (χ2v) is 6.46. The van der Waals surface area contributed by atoms with Gasteiger partial charge in [0.25, 0.3) is 0 Å². The van der Waals surface area contributed by atoms with Gasteiger partial charge >= 0.3 is 0 Å². The molecule has 0 amide bonds. The molecule has 1 aromatic heterocycles. The lowest BCUT2D eigenvalue weighted by Crippen LogP contribution is -2.05. The number of rotatable bonds is 4. The molecule has 1 aromatic carbocycles. The number of anilines is 1. The molecular weight excluding hydrogens is 302 g/mol. The van der Waals surface area contributed by atoms with E-state index in [-0.39, 0.29) is 0 Å². The smallest absolute Gasteiger partial charge is 0.201 e. The van der Waals surface area contributed by atoms with E-state index in [2.05, 4.69) is 37.6 Å². The Labute approximate surface area is 122 Å². The van der Waals surface area contributed by atoms with E-state index in [1.165, 1.54) is 38.5 Å². The molecule has 1 heterocycles. The van der Waals surface area contributed by atoms with Crippen molar-refractivity contribution in [1.29, 1.82) is 0 Å². The van der Waals surface area contributed by atoms with Gasteiger partial charge in [-0.25, -0.2) is 4.98 Å².